The second kappa shape index (κ2) is 6.16. The summed E-state index contributed by atoms with van der Waals surface area (Å²) < 4.78 is 5.95. The number of nitrogen functional groups attached to an aromatic ring is 1. The molecular formula is C19H20N2O2. The van der Waals surface area contributed by atoms with E-state index in [-0.39, 0.29) is 5.91 Å². The third kappa shape index (κ3) is 2.93. The van der Waals surface area contributed by atoms with Crippen LogP contribution in [0.2, 0.25) is 0 Å². The molecule has 0 radical (unpaired) electrons. The number of nitrogens with two attached hydrogens (primary N) is 1. The molecular weight excluding hydrogens is 288 g/mol. The second-order valence-electron chi connectivity index (χ2n) is 5.70. The van der Waals surface area contributed by atoms with Crippen LogP contribution < -0.4 is 15.4 Å². The first-order valence-electron chi connectivity index (χ1n) is 7.63. The van der Waals surface area contributed by atoms with Crippen molar-refractivity contribution >= 4 is 17.3 Å². The van der Waals surface area contributed by atoms with Crippen molar-refractivity contribution < 1.29 is 9.53 Å². The largest absolute Gasteiger partial charge is 0.478 e. The summed E-state index contributed by atoms with van der Waals surface area (Å²) in [5, 5.41) is 0. The Morgan fingerprint density at radius 1 is 1.30 bits per heavy atom. The molecule has 2 aromatic rings. The van der Waals surface area contributed by atoms with E-state index in [1.54, 1.807) is 23.1 Å². The Labute approximate surface area is 136 Å². The van der Waals surface area contributed by atoms with Crippen LogP contribution in [0.25, 0.3) is 0 Å². The standard InChI is InChI=1S/C19H20N2O2/c1-3-10-21-16-12-15(20)8-9-17(16)23-18(19(21)22)11-14-7-5-4-6-13(14)2/h3-9,12,18H,1,10-11,20H2,2H3. The van der Waals surface area contributed by atoms with Gasteiger partial charge in [-0.3, -0.25) is 4.79 Å². The van der Waals surface area contributed by atoms with Crippen LogP contribution in [0, 0.1) is 6.92 Å². The van der Waals surface area contributed by atoms with Gasteiger partial charge in [0.2, 0.25) is 0 Å². The van der Waals surface area contributed by atoms with Crippen molar-refractivity contribution in [2.24, 2.45) is 0 Å². The lowest BCUT2D eigenvalue weighted by atomic mass is 10.0. The number of hydrogen-bond donors (Lipinski definition) is 1. The third-order valence-electron chi connectivity index (χ3n) is 4.06. The molecule has 4 heteroatoms. The number of nitrogens with zero attached hydrogens (tertiary/aromatic N) is 1. The Morgan fingerprint density at radius 2 is 2.09 bits per heavy atom. The maximum absolute atomic E-state index is 12.8. The van der Waals surface area contributed by atoms with Crippen molar-refractivity contribution in [3.05, 3.63) is 66.2 Å². The van der Waals surface area contributed by atoms with Crippen LogP contribution >= 0.6 is 0 Å². The Hall–Kier alpha value is -2.75. The minimum atomic E-state index is -0.535. The molecule has 0 bridgehead atoms. The number of hydrogen-bond acceptors (Lipinski definition) is 3. The predicted octanol–water partition coefficient (Wildman–Crippen LogP) is 3.10. The van der Waals surface area contributed by atoms with Gasteiger partial charge in [0.25, 0.3) is 5.91 Å². The fourth-order valence-electron chi connectivity index (χ4n) is 2.83. The maximum atomic E-state index is 12.8. The van der Waals surface area contributed by atoms with Crippen molar-refractivity contribution in [1.29, 1.82) is 0 Å². The summed E-state index contributed by atoms with van der Waals surface area (Å²) in [7, 11) is 0. The number of carbonyl (C=O) groups is 1. The Morgan fingerprint density at radius 3 is 2.83 bits per heavy atom. The summed E-state index contributed by atoms with van der Waals surface area (Å²) in [6.07, 6.45) is 1.72. The molecule has 1 amide bonds. The summed E-state index contributed by atoms with van der Waals surface area (Å²) >= 11 is 0. The van der Waals surface area contributed by atoms with E-state index in [0.29, 0.717) is 30.1 Å². The van der Waals surface area contributed by atoms with Gasteiger partial charge in [-0.1, -0.05) is 30.3 Å². The SMILES string of the molecule is C=CCN1C(=O)C(Cc2ccccc2C)Oc2ccc(N)cc21. The quantitative estimate of drug-likeness (QED) is 0.697. The fraction of sp³-hybridized carbons (Fsp3) is 0.211. The first kappa shape index (κ1) is 15.2. The van der Waals surface area contributed by atoms with Crippen LogP contribution in [0.3, 0.4) is 0 Å². The molecule has 1 aliphatic rings. The molecule has 23 heavy (non-hydrogen) atoms. The van der Waals surface area contributed by atoms with E-state index >= 15 is 0 Å². The van der Waals surface area contributed by atoms with Crippen molar-refractivity contribution in [3.8, 4) is 5.75 Å². The number of amides is 1. The zero-order valence-electron chi connectivity index (χ0n) is 13.2. The smallest absolute Gasteiger partial charge is 0.268 e. The van der Waals surface area contributed by atoms with Crippen LogP contribution in [0.1, 0.15) is 11.1 Å². The van der Waals surface area contributed by atoms with E-state index in [1.807, 2.05) is 37.3 Å². The highest BCUT2D eigenvalue weighted by Crippen LogP contribution is 2.36. The van der Waals surface area contributed by atoms with Crippen LogP contribution in [-0.2, 0) is 11.2 Å². The highest BCUT2D eigenvalue weighted by Gasteiger charge is 2.34. The summed E-state index contributed by atoms with van der Waals surface area (Å²) in [4.78, 5) is 14.5. The van der Waals surface area contributed by atoms with Gasteiger partial charge in [0.1, 0.15) is 5.75 Å². The maximum Gasteiger partial charge on any atom is 0.268 e. The number of anilines is 2. The van der Waals surface area contributed by atoms with Crippen molar-refractivity contribution in [3.63, 3.8) is 0 Å². The molecule has 1 unspecified atom stereocenters. The lowest BCUT2D eigenvalue weighted by molar-refractivity contribution is -0.126. The number of benzene rings is 2. The van der Waals surface area contributed by atoms with E-state index in [9.17, 15) is 4.79 Å². The fourth-order valence-corrected chi connectivity index (χ4v) is 2.83. The van der Waals surface area contributed by atoms with Crippen molar-refractivity contribution in [2.75, 3.05) is 17.2 Å². The Balaban J connectivity index is 1.94. The highest BCUT2D eigenvalue weighted by molar-refractivity contribution is 6.00. The lowest BCUT2D eigenvalue weighted by Gasteiger charge is -2.34. The molecule has 0 aromatic heterocycles. The first-order valence-corrected chi connectivity index (χ1v) is 7.63. The van der Waals surface area contributed by atoms with Crippen LogP contribution in [0.4, 0.5) is 11.4 Å². The van der Waals surface area contributed by atoms with E-state index in [0.717, 1.165) is 11.1 Å². The average Bonchev–Trinajstić information content (AvgIpc) is 2.54. The Bertz CT molecular complexity index is 755. The molecule has 2 aromatic carbocycles. The molecule has 0 spiro atoms. The minimum absolute atomic E-state index is 0.0637. The molecule has 2 N–H and O–H groups in total. The number of aryl methyl sites for hydroxylation is 1. The monoisotopic (exact) mass is 308 g/mol. The van der Waals surface area contributed by atoms with Gasteiger partial charge in [-0.05, 0) is 36.2 Å². The number of fused-ring (bicyclic) bond motifs is 1. The summed E-state index contributed by atoms with van der Waals surface area (Å²) in [6.45, 7) is 6.22. The van der Waals surface area contributed by atoms with Gasteiger partial charge in [0.15, 0.2) is 6.10 Å². The molecule has 1 aliphatic heterocycles. The normalized spacial score (nSPS) is 16.7. The molecule has 0 aliphatic carbocycles. The Kier molecular flexibility index (Phi) is 4.06. The molecule has 1 atom stereocenters. The van der Waals surface area contributed by atoms with E-state index < -0.39 is 6.10 Å². The van der Waals surface area contributed by atoms with E-state index in [1.165, 1.54) is 0 Å². The van der Waals surface area contributed by atoms with Gasteiger partial charge in [0, 0.05) is 18.7 Å². The zero-order chi connectivity index (χ0) is 16.4. The first-order chi connectivity index (χ1) is 11.1. The van der Waals surface area contributed by atoms with Gasteiger partial charge < -0.3 is 15.4 Å². The molecule has 4 nitrogen and oxygen atoms in total. The second-order valence-corrected chi connectivity index (χ2v) is 5.70. The summed E-state index contributed by atoms with van der Waals surface area (Å²) in [5.74, 6) is 0.616. The summed E-state index contributed by atoms with van der Waals surface area (Å²) in [6, 6.07) is 13.4. The molecule has 3 rings (SSSR count). The van der Waals surface area contributed by atoms with Crippen molar-refractivity contribution in [2.45, 2.75) is 19.4 Å². The molecule has 0 saturated heterocycles. The van der Waals surface area contributed by atoms with E-state index in [2.05, 4.69) is 6.58 Å². The third-order valence-corrected chi connectivity index (χ3v) is 4.06. The molecule has 118 valence electrons. The van der Waals surface area contributed by atoms with Gasteiger partial charge in [-0.25, -0.2) is 0 Å². The molecule has 0 saturated carbocycles. The van der Waals surface area contributed by atoms with Gasteiger partial charge in [-0.2, -0.15) is 0 Å². The van der Waals surface area contributed by atoms with Gasteiger partial charge in [-0.15, -0.1) is 6.58 Å². The molecule has 0 fully saturated rings. The number of ether oxygens (including phenoxy) is 1. The van der Waals surface area contributed by atoms with Crippen LogP contribution in [0.5, 0.6) is 5.75 Å². The topological polar surface area (TPSA) is 55.6 Å². The van der Waals surface area contributed by atoms with Crippen LogP contribution in [0.15, 0.2) is 55.1 Å². The van der Waals surface area contributed by atoms with Crippen molar-refractivity contribution in [1.82, 2.24) is 0 Å². The predicted molar refractivity (Wildman–Crippen MR) is 92.7 cm³/mol. The molecule has 1 heterocycles. The van der Waals surface area contributed by atoms with Crippen LogP contribution in [-0.4, -0.2) is 18.6 Å². The number of carbonyl (C=O) groups excluding carboxylic acids is 1. The minimum Gasteiger partial charge on any atom is -0.478 e. The number of rotatable bonds is 4. The van der Waals surface area contributed by atoms with Gasteiger partial charge in [0.05, 0.1) is 5.69 Å². The lowest BCUT2D eigenvalue weighted by Crippen LogP contribution is -2.47. The highest BCUT2D eigenvalue weighted by atomic mass is 16.5. The van der Waals surface area contributed by atoms with E-state index in [4.69, 9.17) is 10.5 Å². The van der Waals surface area contributed by atoms with Gasteiger partial charge >= 0.3 is 0 Å². The zero-order valence-corrected chi connectivity index (χ0v) is 13.2. The summed E-state index contributed by atoms with van der Waals surface area (Å²) in [5.41, 5.74) is 9.42. The average molecular weight is 308 g/mol.